The van der Waals surface area contributed by atoms with Crippen molar-refractivity contribution in [1.29, 1.82) is 0 Å². The van der Waals surface area contributed by atoms with Crippen LogP contribution in [0.2, 0.25) is 0 Å². The number of cyclic esters (lactones) is 4. The van der Waals surface area contributed by atoms with E-state index in [2.05, 4.69) is 0 Å². The lowest BCUT2D eigenvalue weighted by atomic mass is 9.99. The van der Waals surface area contributed by atoms with Crippen molar-refractivity contribution in [3.63, 3.8) is 0 Å². The van der Waals surface area contributed by atoms with Gasteiger partial charge in [-0.3, -0.25) is 19.2 Å². The molecule has 8 bridgehead atoms. The summed E-state index contributed by atoms with van der Waals surface area (Å²) >= 11 is 0. The highest BCUT2D eigenvalue weighted by Gasteiger charge is 2.41. The molecule has 0 amide bonds. The number of esters is 4. The van der Waals surface area contributed by atoms with Crippen LogP contribution < -0.4 is 0 Å². The lowest BCUT2D eigenvalue weighted by molar-refractivity contribution is -0.162. The molecule has 5 saturated heterocycles. The molecule has 5 aliphatic heterocycles. The van der Waals surface area contributed by atoms with Crippen LogP contribution in [0.5, 0.6) is 0 Å². The highest BCUT2D eigenvalue weighted by atomic mass is 16.6. The fourth-order valence-corrected chi connectivity index (χ4v) is 9.02. The first-order valence-electron chi connectivity index (χ1n) is 21.7. The number of fused-ring (bicyclic) bond motifs is 8. The van der Waals surface area contributed by atoms with Gasteiger partial charge in [-0.15, -0.1) is 0 Å². The van der Waals surface area contributed by atoms with E-state index in [4.69, 9.17) is 37.9 Å². The second kappa shape index (κ2) is 20.4. The Morgan fingerprint density at radius 3 is 0.909 bits per heavy atom. The topological polar surface area (TPSA) is 142 Å². The van der Waals surface area contributed by atoms with Crippen molar-refractivity contribution in [2.75, 3.05) is 0 Å². The van der Waals surface area contributed by atoms with Gasteiger partial charge < -0.3 is 37.9 Å². The monoisotopic (exact) mass is 778 g/mol. The smallest absolute Gasteiger partial charge is 0.311 e. The number of hydrogen-bond donors (Lipinski definition) is 0. The minimum absolute atomic E-state index is 0.116. The average Bonchev–Trinajstić information content (AvgIpc) is 4.01. The molecule has 55 heavy (non-hydrogen) atoms. The zero-order chi connectivity index (χ0) is 39.8. The molecule has 0 aliphatic carbocycles. The van der Waals surface area contributed by atoms with Gasteiger partial charge in [0.15, 0.2) is 0 Å². The molecular formula is C43H70O12. The lowest BCUT2D eigenvalue weighted by Crippen LogP contribution is -2.34. The molecule has 5 heterocycles. The van der Waals surface area contributed by atoms with Crippen LogP contribution in [0.4, 0.5) is 0 Å². The Bertz CT molecular complexity index is 1270. The second-order valence-corrected chi connectivity index (χ2v) is 17.2. The Hall–Kier alpha value is -2.28. The second-order valence-electron chi connectivity index (χ2n) is 17.2. The molecule has 0 unspecified atom stereocenters. The highest BCUT2D eigenvalue weighted by Crippen LogP contribution is 2.35. The Balaban J connectivity index is 1.23. The Kier molecular flexibility index (Phi) is 16.3. The molecule has 12 heteroatoms. The summed E-state index contributed by atoms with van der Waals surface area (Å²) in [5, 5.41) is 0. The van der Waals surface area contributed by atoms with Crippen LogP contribution in [0.25, 0.3) is 0 Å². The van der Waals surface area contributed by atoms with Crippen LogP contribution in [0, 0.1) is 23.7 Å². The minimum atomic E-state index is -0.435. The van der Waals surface area contributed by atoms with Crippen LogP contribution in [0.3, 0.4) is 0 Å². The summed E-state index contributed by atoms with van der Waals surface area (Å²) in [4.78, 5) is 53.2. The zero-order valence-corrected chi connectivity index (χ0v) is 34.7. The van der Waals surface area contributed by atoms with E-state index in [1.165, 1.54) is 0 Å². The molecule has 0 saturated carbocycles. The first-order valence-corrected chi connectivity index (χ1v) is 21.7. The quantitative estimate of drug-likeness (QED) is 0.211. The maximum Gasteiger partial charge on any atom is 0.311 e. The number of carbonyl (C=O) groups excluding carboxylic acids is 4. The van der Waals surface area contributed by atoms with Gasteiger partial charge >= 0.3 is 23.9 Å². The molecule has 0 aromatic rings. The van der Waals surface area contributed by atoms with Crippen molar-refractivity contribution in [3.05, 3.63) is 0 Å². The van der Waals surface area contributed by atoms with Gasteiger partial charge in [-0.2, -0.15) is 0 Å². The molecule has 314 valence electrons. The van der Waals surface area contributed by atoms with Crippen LogP contribution in [0.1, 0.15) is 152 Å². The van der Waals surface area contributed by atoms with Gasteiger partial charge in [0.05, 0.1) is 72.5 Å². The molecule has 0 aromatic heterocycles. The van der Waals surface area contributed by atoms with Crippen molar-refractivity contribution in [2.24, 2.45) is 23.7 Å². The first kappa shape index (κ1) is 43.8. The summed E-state index contributed by atoms with van der Waals surface area (Å²) < 4.78 is 49.3. The molecule has 5 aliphatic rings. The average molecular weight is 779 g/mol. The molecule has 0 aromatic carbocycles. The zero-order valence-electron chi connectivity index (χ0n) is 34.7. The van der Waals surface area contributed by atoms with Gasteiger partial charge in [-0.1, -0.05) is 20.8 Å². The van der Waals surface area contributed by atoms with Gasteiger partial charge in [-0.05, 0) is 105 Å². The molecule has 5 fully saturated rings. The van der Waals surface area contributed by atoms with Crippen molar-refractivity contribution in [2.45, 2.75) is 225 Å². The lowest BCUT2D eigenvalue weighted by Gasteiger charge is -2.27. The number of carbonyl (C=O) groups is 4. The third-order valence-corrected chi connectivity index (χ3v) is 13.0. The first-order chi connectivity index (χ1) is 26.3. The Morgan fingerprint density at radius 2 is 0.636 bits per heavy atom. The maximum absolute atomic E-state index is 13.4. The van der Waals surface area contributed by atoms with Crippen LogP contribution >= 0.6 is 0 Å². The van der Waals surface area contributed by atoms with Crippen LogP contribution in [0.15, 0.2) is 0 Å². The molecule has 16 atom stereocenters. The van der Waals surface area contributed by atoms with Gasteiger partial charge in [-0.25, -0.2) is 0 Å². The fraction of sp³-hybridized carbons (Fsp3) is 0.907. The number of hydrogen-bond acceptors (Lipinski definition) is 12. The summed E-state index contributed by atoms with van der Waals surface area (Å²) in [6.45, 7) is 15.3. The van der Waals surface area contributed by atoms with Gasteiger partial charge in [0, 0.05) is 25.7 Å². The van der Waals surface area contributed by atoms with E-state index in [1.807, 2.05) is 55.4 Å². The summed E-state index contributed by atoms with van der Waals surface area (Å²) in [7, 11) is 0. The molecular weight excluding hydrogens is 708 g/mol. The van der Waals surface area contributed by atoms with Crippen molar-refractivity contribution < 1.29 is 57.1 Å². The predicted octanol–water partition coefficient (Wildman–Crippen LogP) is 7.19. The highest BCUT2D eigenvalue weighted by molar-refractivity contribution is 5.74. The standard InChI is InChI=1S/C43H70O12/c1-9-29-21-33-13-17-36(50-33)25(5)40(44)48-24(4)20-32-12-16-37(49-32)26(6)41(45)53-30(10-2)22-34-14-18-39(51-34)28(8)43(47)55-31(11-3)23-35-15-19-38(52-35)27(7)42(46)54-29/h24-39H,9-23H2,1-8H3/t24-,25-,26+,27+,28-,29+,30+,31-,32-,33+,34+,35-,36-,37-,38-,39-/m0/s1. The maximum atomic E-state index is 13.4. The van der Waals surface area contributed by atoms with E-state index < -0.39 is 23.7 Å². The van der Waals surface area contributed by atoms with Gasteiger partial charge in [0.25, 0.3) is 0 Å². The van der Waals surface area contributed by atoms with E-state index in [0.29, 0.717) is 44.9 Å². The van der Waals surface area contributed by atoms with E-state index in [9.17, 15) is 19.2 Å². The number of rotatable bonds is 3. The summed E-state index contributed by atoms with van der Waals surface area (Å²) in [6.07, 6.45) is 7.47. The van der Waals surface area contributed by atoms with Crippen LogP contribution in [-0.4, -0.2) is 97.1 Å². The number of ether oxygens (including phenoxy) is 8. The summed E-state index contributed by atoms with van der Waals surface area (Å²) in [5.74, 6) is -2.86. The largest absolute Gasteiger partial charge is 0.462 e. The predicted molar refractivity (Wildman–Crippen MR) is 203 cm³/mol. The van der Waals surface area contributed by atoms with E-state index >= 15 is 0 Å². The van der Waals surface area contributed by atoms with Crippen molar-refractivity contribution in [3.8, 4) is 0 Å². The van der Waals surface area contributed by atoms with Crippen LogP contribution in [-0.2, 0) is 57.1 Å². The van der Waals surface area contributed by atoms with E-state index in [0.717, 1.165) is 51.4 Å². The normalized spacial score (nSPS) is 43.4. The van der Waals surface area contributed by atoms with Crippen molar-refractivity contribution in [1.82, 2.24) is 0 Å². The summed E-state index contributed by atoms with van der Waals surface area (Å²) in [5.41, 5.74) is 0. The van der Waals surface area contributed by atoms with E-state index in [1.54, 1.807) is 0 Å². The van der Waals surface area contributed by atoms with Gasteiger partial charge in [0.1, 0.15) is 24.4 Å². The Morgan fingerprint density at radius 1 is 0.382 bits per heavy atom. The molecule has 0 radical (unpaired) electrons. The third-order valence-electron chi connectivity index (χ3n) is 13.0. The Labute approximate surface area is 329 Å². The van der Waals surface area contributed by atoms with Gasteiger partial charge in [0.2, 0.25) is 0 Å². The third kappa shape index (κ3) is 11.9. The SMILES string of the molecule is CC[C@H]1C[C@@H]2CC[C@H](O2)[C@@H](C)C(=O)O[C@H](CC)C[C@H]2CC[C@H](O2)[C@H](C)C(=O)O[C@@H](C)C[C@@H]2CC[C@H](O2)[C@@H](C)C(=O)O[C@H](CC)C[C@H]2CC[C@H](O2)[C@H](C)C(=O)O1. The molecule has 5 rings (SSSR count). The molecule has 0 spiro atoms. The molecule has 12 nitrogen and oxygen atoms in total. The molecule has 0 N–H and O–H groups in total. The van der Waals surface area contributed by atoms with Crippen molar-refractivity contribution >= 4 is 23.9 Å². The summed E-state index contributed by atoms with van der Waals surface area (Å²) in [6, 6.07) is 0. The minimum Gasteiger partial charge on any atom is -0.462 e. The fourth-order valence-electron chi connectivity index (χ4n) is 9.02. The van der Waals surface area contributed by atoms with E-state index in [-0.39, 0.29) is 97.1 Å².